The molecule has 0 radical (unpaired) electrons. The normalized spacial score (nSPS) is 15.4. The maximum atomic E-state index is 12.5. The zero-order valence-corrected chi connectivity index (χ0v) is 15.4. The Morgan fingerprint density at radius 3 is 2.52 bits per heavy atom. The van der Waals surface area contributed by atoms with Gasteiger partial charge in [-0.2, -0.15) is 0 Å². The van der Waals surface area contributed by atoms with E-state index >= 15 is 0 Å². The molecule has 0 unspecified atom stereocenters. The van der Waals surface area contributed by atoms with Crippen molar-refractivity contribution in [2.24, 2.45) is 0 Å². The Morgan fingerprint density at radius 1 is 1.16 bits per heavy atom. The third-order valence-corrected chi connectivity index (χ3v) is 4.94. The number of benzene rings is 1. The van der Waals surface area contributed by atoms with Gasteiger partial charge in [0.25, 0.3) is 5.91 Å². The lowest BCUT2D eigenvalue weighted by Gasteiger charge is -2.34. The molecule has 25 heavy (non-hydrogen) atoms. The smallest absolute Gasteiger partial charge is 0.277 e. The molecule has 1 amide bonds. The Kier molecular flexibility index (Phi) is 5.43. The van der Waals surface area contributed by atoms with Gasteiger partial charge in [0.05, 0.1) is 32.7 Å². The van der Waals surface area contributed by atoms with Crippen molar-refractivity contribution in [3.8, 4) is 0 Å². The molecule has 0 saturated carbocycles. The number of carbonyl (C=O) groups excluding carboxylic acids is 1. The summed E-state index contributed by atoms with van der Waals surface area (Å²) >= 11 is 0. The van der Waals surface area contributed by atoms with E-state index in [0.29, 0.717) is 13.1 Å². The summed E-state index contributed by atoms with van der Waals surface area (Å²) in [5, 5.41) is 0. The highest BCUT2D eigenvalue weighted by Gasteiger charge is 2.24. The van der Waals surface area contributed by atoms with Crippen molar-refractivity contribution in [3.05, 3.63) is 53.5 Å². The zero-order chi connectivity index (χ0) is 17.8. The summed E-state index contributed by atoms with van der Waals surface area (Å²) in [6.45, 7) is 9.14. The Balaban J connectivity index is 1.48. The van der Waals surface area contributed by atoms with Crippen molar-refractivity contribution < 1.29 is 14.1 Å². The van der Waals surface area contributed by atoms with E-state index in [1.165, 1.54) is 16.2 Å². The predicted octanol–water partition coefficient (Wildman–Crippen LogP) is 1.26. The molecule has 5 heteroatoms. The summed E-state index contributed by atoms with van der Waals surface area (Å²) in [4.78, 5) is 18.0. The second-order valence-corrected chi connectivity index (χ2v) is 6.96. The number of likely N-dealkylation sites (N-methyl/N-ethyl adjacent to an activating group) is 1. The third kappa shape index (κ3) is 4.42. The van der Waals surface area contributed by atoms with Crippen LogP contribution in [-0.2, 0) is 11.3 Å². The van der Waals surface area contributed by atoms with Gasteiger partial charge in [0, 0.05) is 12.7 Å². The molecule has 3 rings (SSSR count). The highest BCUT2D eigenvalue weighted by Crippen LogP contribution is 2.18. The molecule has 1 N–H and O–H groups in total. The Hall–Kier alpha value is -2.27. The van der Waals surface area contributed by atoms with Crippen LogP contribution in [0.25, 0.3) is 0 Å². The third-order valence-electron chi connectivity index (χ3n) is 4.94. The fourth-order valence-electron chi connectivity index (χ4n) is 3.40. The molecule has 5 nitrogen and oxygen atoms in total. The van der Waals surface area contributed by atoms with Gasteiger partial charge in [-0.15, -0.1) is 0 Å². The minimum atomic E-state index is 0.174. The van der Waals surface area contributed by atoms with E-state index in [1.807, 2.05) is 26.1 Å². The van der Waals surface area contributed by atoms with Crippen LogP contribution in [0.3, 0.4) is 0 Å². The van der Waals surface area contributed by atoms with Gasteiger partial charge < -0.3 is 19.1 Å². The number of aryl methyl sites for hydroxylation is 2. The van der Waals surface area contributed by atoms with E-state index in [4.69, 9.17) is 4.42 Å². The van der Waals surface area contributed by atoms with Gasteiger partial charge in [-0.05, 0) is 37.6 Å². The molecule has 2 aromatic rings. The number of furan rings is 1. The Labute approximate surface area is 149 Å². The average Bonchev–Trinajstić information content (AvgIpc) is 3.01. The monoisotopic (exact) mass is 342 g/mol. The maximum Gasteiger partial charge on any atom is 0.277 e. The van der Waals surface area contributed by atoms with E-state index in [1.54, 1.807) is 4.90 Å². The number of rotatable bonds is 5. The Morgan fingerprint density at radius 2 is 1.88 bits per heavy atom. The first-order valence-electron chi connectivity index (χ1n) is 8.96. The van der Waals surface area contributed by atoms with E-state index in [9.17, 15) is 4.79 Å². The summed E-state index contributed by atoms with van der Waals surface area (Å²) in [5.74, 6) is 1.90. The highest BCUT2D eigenvalue weighted by molar-refractivity contribution is 5.76. The van der Waals surface area contributed by atoms with Crippen LogP contribution in [0.4, 0.5) is 5.69 Å². The highest BCUT2D eigenvalue weighted by atomic mass is 16.3. The molecule has 1 saturated heterocycles. The fraction of sp³-hybridized carbons (Fsp3) is 0.450. The lowest BCUT2D eigenvalue weighted by atomic mass is 10.1. The van der Waals surface area contributed by atoms with Crippen molar-refractivity contribution in [1.29, 1.82) is 0 Å². The standard InChI is InChI=1S/C20H27N3O2/c1-16-6-4-5-7-19(16)23-12-10-22(11-13-23)15-20(24)21(3)14-18-9-8-17(2)25-18/h4-9H,10-15H2,1-3H3/p+1. The number of nitrogens with one attached hydrogen (secondary N) is 1. The maximum absolute atomic E-state index is 12.5. The molecule has 0 spiro atoms. The van der Waals surface area contributed by atoms with Crippen molar-refractivity contribution in [2.75, 3.05) is 44.7 Å². The molecule has 0 aliphatic carbocycles. The number of anilines is 1. The largest absolute Gasteiger partial charge is 0.464 e. The van der Waals surface area contributed by atoms with E-state index < -0.39 is 0 Å². The molecule has 134 valence electrons. The molecule has 0 atom stereocenters. The van der Waals surface area contributed by atoms with Gasteiger partial charge in [-0.3, -0.25) is 4.79 Å². The molecular weight excluding hydrogens is 314 g/mol. The number of hydrogen-bond acceptors (Lipinski definition) is 3. The van der Waals surface area contributed by atoms with Crippen LogP contribution in [-0.4, -0.2) is 50.6 Å². The number of piperazine rings is 1. The number of hydrogen-bond donors (Lipinski definition) is 1. The van der Waals surface area contributed by atoms with Gasteiger partial charge in [0.1, 0.15) is 11.5 Å². The lowest BCUT2D eigenvalue weighted by molar-refractivity contribution is -0.892. The number of nitrogens with zero attached hydrogens (tertiary/aromatic N) is 2. The van der Waals surface area contributed by atoms with E-state index in [0.717, 1.165) is 37.7 Å². The van der Waals surface area contributed by atoms with Crippen LogP contribution in [0.5, 0.6) is 0 Å². The topological polar surface area (TPSA) is 41.1 Å². The summed E-state index contributed by atoms with van der Waals surface area (Å²) in [6.07, 6.45) is 0. The first-order chi connectivity index (χ1) is 12.0. The molecule has 0 bridgehead atoms. The minimum Gasteiger partial charge on any atom is -0.464 e. The second-order valence-electron chi connectivity index (χ2n) is 6.96. The van der Waals surface area contributed by atoms with Gasteiger partial charge in [0.2, 0.25) is 0 Å². The van der Waals surface area contributed by atoms with Gasteiger partial charge in [-0.25, -0.2) is 0 Å². The molecular formula is C20H28N3O2+. The number of carbonyl (C=O) groups is 1. The average molecular weight is 342 g/mol. The van der Waals surface area contributed by atoms with Crippen molar-refractivity contribution in [2.45, 2.75) is 20.4 Å². The first kappa shape index (κ1) is 17.5. The molecule has 1 aliphatic heterocycles. The van der Waals surface area contributed by atoms with Crippen LogP contribution in [0.1, 0.15) is 17.1 Å². The van der Waals surface area contributed by atoms with Crippen LogP contribution < -0.4 is 9.80 Å². The van der Waals surface area contributed by atoms with Crippen molar-refractivity contribution in [3.63, 3.8) is 0 Å². The molecule has 1 aliphatic rings. The SMILES string of the molecule is Cc1ccc(CN(C)C(=O)C[NH+]2CCN(c3ccccc3C)CC2)o1. The molecule has 2 heterocycles. The summed E-state index contributed by atoms with van der Waals surface area (Å²) in [7, 11) is 1.85. The summed E-state index contributed by atoms with van der Waals surface area (Å²) < 4.78 is 5.56. The fourth-order valence-corrected chi connectivity index (χ4v) is 3.40. The quantitative estimate of drug-likeness (QED) is 0.889. The van der Waals surface area contributed by atoms with E-state index in [2.05, 4.69) is 36.1 Å². The van der Waals surface area contributed by atoms with Gasteiger partial charge in [-0.1, -0.05) is 18.2 Å². The first-order valence-corrected chi connectivity index (χ1v) is 8.96. The number of quaternary nitrogens is 1. The van der Waals surface area contributed by atoms with Crippen molar-refractivity contribution >= 4 is 11.6 Å². The lowest BCUT2D eigenvalue weighted by Crippen LogP contribution is -3.15. The Bertz CT molecular complexity index is 717. The van der Waals surface area contributed by atoms with E-state index in [-0.39, 0.29) is 5.91 Å². The van der Waals surface area contributed by atoms with Crippen LogP contribution >= 0.6 is 0 Å². The van der Waals surface area contributed by atoms with Gasteiger partial charge in [0.15, 0.2) is 6.54 Å². The second kappa shape index (κ2) is 7.74. The summed E-state index contributed by atoms with van der Waals surface area (Å²) in [6, 6.07) is 12.4. The number of para-hydroxylation sites is 1. The molecule has 1 fully saturated rings. The number of amides is 1. The molecule has 1 aromatic heterocycles. The minimum absolute atomic E-state index is 0.174. The zero-order valence-electron chi connectivity index (χ0n) is 15.4. The molecule has 1 aromatic carbocycles. The summed E-state index contributed by atoms with van der Waals surface area (Å²) in [5.41, 5.74) is 2.63. The van der Waals surface area contributed by atoms with Gasteiger partial charge >= 0.3 is 0 Å². The van der Waals surface area contributed by atoms with Crippen molar-refractivity contribution in [1.82, 2.24) is 4.90 Å². The van der Waals surface area contributed by atoms with Crippen LogP contribution in [0.2, 0.25) is 0 Å². The predicted molar refractivity (Wildman–Crippen MR) is 98.9 cm³/mol. The van der Waals surface area contributed by atoms with Crippen LogP contribution in [0, 0.1) is 13.8 Å². The van der Waals surface area contributed by atoms with Crippen LogP contribution in [0.15, 0.2) is 40.8 Å².